The number of methoxy groups -OCH3 is 2. The molecule has 2 heterocycles. The molecule has 1 spiro atoms. The molecule has 4 rings (SSSR count). The van der Waals surface area contributed by atoms with Gasteiger partial charge >= 0.3 is 0 Å². The average Bonchev–Trinajstić information content (AvgIpc) is 3.49. The topological polar surface area (TPSA) is 42.0 Å². The van der Waals surface area contributed by atoms with Crippen molar-refractivity contribution < 1.29 is 14.3 Å². The minimum absolute atomic E-state index is 0.289. The molecule has 0 aromatic heterocycles. The van der Waals surface area contributed by atoms with Gasteiger partial charge in [0.15, 0.2) is 0 Å². The molecule has 0 radical (unpaired) electrons. The van der Waals surface area contributed by atoms with Crippen molar-refractivity contribution in [3.05, 3.63) is 23.8 Å². The van der Waals surface area contributed by atoms with Crippen LogP contribution >= 0.6 is 0 Å². The molecule has 1 aliphatic carbocycles. The van der Waals surface area contributed by atoms with Gasteiger partial charge in [-0.05, 0) is 56.3 Å². The fourth-order valence-electron chi connectivity index (χ4n) is 4.76. The number of amides is 1. The molecular weight excluding hydrogens is 328 g/mol. The summed E-state index contributed by atoms with van der Waals surface area (Å²) in [7, 11) is 3.39. The van der Waals surface area contributed by atoms with Crippen molar-refractivity contribution in [3.8, 4) is 11.5 Å². The van der Waals surface area contributed by atoms with Crippen molar-refractivity contribution in [2.75, 3.05) is 33.9 Å². The van der Waals surface area contributed by atoms with E-state index in [-0.39, 0.29) is 5.41 Å². The van der Waals surface area contributed by atoms with Gasteiger partial charge in [0.1, 0.15) is 11.5 Å². The molecule has 1 saturated carbocycles. The van der Waals surface area contributed by atoms with Gasteiger partial charge in [-0.2, -0.15) is 0 Å². The molecule has 1 atom stereocenters. The maximum absolute atomic E-state index is 12.3. The van der Waals surface area contributed by atoms with Crippen molar-refractivity contribution in [3.63, 3.8) is 0 Å². The summed E-state index contributed by atoms with van der Waals surface area (Å²) in [4.78, 5) is 17.1. The third kappa shape index (κ3) is 3.68. The molecule has 3 aliphatic rings. The predicted octanol–water partition coefficient (Wildman–Crippen LogP) is 3.07. The Balaban J connectivity index is 1.46. The SMILES string of the molecule is COc1cc(CN2CCC[C@]3(CCC(=O)N(C4CC4)C3)C2)cc(OC)c1. The number of ether oxygens (including phenoxy) is 2. The molecule has 3 fully saturated rings. The summed E-state index contributed by atoms with van der Waals surface area (Å²) in [6, 6.07) is 6.66. The summed E-state index contributed by atoms with van der Waals surface area (Å²) >= 11 is 0. The fourth-order valence-corrected chi connectivity index (χ4v) is 4.76. The Bertz CT molecular complexity index is 651. The zero-order valence-electron chi connectivity index (χ0n) is 16.0. The third-order valence-corrected chi connectivity index (χ3v) is 6.24. The van der Waals surface area contributed by atoms with Gasteiger partial charge in [0.05, 0.1) is 14.2 Å². The quantitative estimate of drug-likeness (QED) is 0.811. The molecule has 5 heteroatoms. The van der Waals surface area contributed by atoms with Gasteiger partial charge in [0.2, 0.25) is 5.91 Å². The van der Waals surface area contributed by atoms with Crippen LogP contribution in [-0.2, 0) is 11.3 Å². The molecule has 26 heavy (non-hydrogen) atoms. The molecule has 0 bridgehead atoms. The second-order valence-corrected chi connectivity index (χ2v) is 8.29. The van der Waals surface area contributed by atoms with Crippen LogP contribution in [0.1, 0.15) is 44.1 Å². The second-order valence-electron chi connectivity index (χ2n) is 8.29. The molecule has 2 aliphatic heterocycles. The third-order valence-electron chi connectivity index (χ3n) is 6.24. The van der Waals surface area contributed by atoms with Gasteiger partial charge in [-0.25, -0.2) is 0 Å². The van der Waals surface area contributed by atoms with Crippen LogP contribution < -0.4 is 9.47 Å². The van der Waals surface area contributed by atoms with Gasteiger partial charge in [0, 0.05) is 43.6 Å². The van der Waals surface area contributed by atoms with E-state index >= 15 is 0 Å². The van der Waals surface area contributed by atoms with E-state index in [1.807, 2.05) is 6.07 Å². The van der Waals surface area contributed by atoms with Crippen LogP contribution in [0.15, 0.2) is 18.2 Å². The first-order valence-corrected chi connectivity index (χ1v) is 9.85. The first-order chi connectivity index (χ1) is 12.6. The van der Waals surface area contributed by atoms with Crippen LogP contribution in [0, 0.1) is 5.41 Å². The average molecular weight is 358 g/mol. The Labute approximate surface area is 156 Å². The zero-order chi connectivity index (χ0) is 18.1. The van der Waals surface area contributed by atoms with Gasteiger partial charge in [-0.15, -0.1) is 0 Å². The van der Waals surface area contributed by atoms with Crippen molar-refractivity contribution in [1.29, 1.82) is 0 Å². The van der Waals surface area contributed by atoms with E-state index in [0.717, 1.165) is 50.5 Å². The number of nitrogens with zero attached hydrogens (tertiary/aromatic N) is 2. The molecule has 5 nitrogen and oxygen atoms in total. The van der Waals surface area contributed by atoms with E-state index in [0.29, 0.717) is 11.9 Å². The number of likely N-dealkylation sites (tertiary alicyclic amines) is 2. The number of carbonyl (C=O) groups excluding carboxylic acids is 1. The van der Waals surface area contributed by atoms with Crippen molar-refractivity contribution in [2.45, 2.75) is 51.1 Å². The molecule has 0 N–H and O–H groups in total. The maximum Gasteiger partial charge on any atom is 0.222 e. The summed E-state index contributed by atoms with van der Waals surface area (Å²) < 4.78 is 10.8. The van der Waals surface area contributed by atoms with Crippen LogP contribution in [0.25, 0.3) is 0 Å². The van der Waals surface area contributed by atoms with Gasteiger partial charge in [0.25, 0.3) is 0 Å². The molecule has 1 aromatic rings. The van der Waals surface area contributed by atoms with E-state index < -0.39 is 0 Å². The number of hydrogen-bond donors (Lipinski definition) is 0. The lowest BCUT2D eigenvalue weighted by Gasteiger charge is -2.48. The lowest BCUT2D eigenvalue weighted by atomic mass is 9.73. The Morgan fingerprint density at radius 3 is 2.46 bits per heavy atom. The van der Waals surface area contributed by atoms with Crippen LogP contribution in [-0.4, -0.2) is 55.6 Å². The first kappa shape index (κ1) is 17.7. The van der Waals surface area contributed by atoms with E-state index in [1.54, 1.807) is 14.2 Å². The predicted molar refractivity (Wildman–Crippen MR) is 100 cm³/mol. The standard InChI is InChI=1S/C21H30N2O3/c1-25-18-10-16(11-19(12-18)26-2)13-22-9-3-7-21(14-22)8-6-20(24)23(15-21)17-4-5-17/h10-12,17H,3-9,13-15H2,1-2H3/t21-/m0/s1. The van der Waals surface area contributed by atoms with E-state index in [9.17, 15) is 4.79 Å². The van der Waals surface area contributed by atoms with Crippen molar-refractivity contribution in [1.82, 2.24) is 9.80 Å². The smallest absolute Gasteiger partial charge is 0.222 e. The zero-order valence-corrected chi connectivity index (χ0v) is 16.0. The lowest BCUT2D eigenvalue weighted by Crippen LogP contribution is -2.54. The highest BCUT2D eigenvalue weighted by molar-refractivity contribution is 5.78. The molecule has 1 amide bonds. The first-order valence-electron chi connectivity index (χ1n) is 9.85. The van der Waals surface area contributed by atoms with E-state index in [2.05, 4.69) is 21.9 Å². The number of carbonyl (C=O) groups is 1. The van der Waals surface area contributed by atoms with Gasteiger partial charge in [-0.1, -0.05) is 0 Å². The van der Waals surface area contributed by atoms with E-state index in [4.69, 9.17) is 9.47 Å². The highest BCUT2D eigenvalue weighted by Gasteiger charge is 2.45. The molecular formula is C21H30N2O3. The minimum Gasteiger partial charge on any atom is -0.497 e. The fraction of sp³-hybridized carbons (Fsp3) is 0.667. The number of hydrogen-bond acceptors (Lipinski definition) is 4. The van der Waals surface area contributed by atoms with Crippen molar-refractivity contribution >= 4 is 5.91 Å². The lowest BCUT2D eigenvalue weighted by molar-refractivity contribution is -0.140. The normalized spacial score (nSPS) is 27.0. The highest BCUT2D eigenvalue weighted by atomic mass is 16.5. The summed E-state index contributed by atoms with van der Waals surface area (Å²) in [5.41, 5.74) is 1.52. The van der Waals surface area contributed by atoms with Crippen LogP contribution in [0.3, 0.4) is 0 Å². The van der Waals surface area contributed by atoms with Crippen LogP contribution in [0.4, 0.5) is 0 Å². The summed E-state index contributed by atoms with van der Waals surface area (Å²) in [6.07, 6.45) is 6.66. The van der Waals surface area contributed by atoms with Crippen molar-refractivity contribution in [2.24, 2.45) is 5.41 Å². The Morgan fingerprint density at radius 2 is 1.81 bits per heavy atom. The van der Waals surface area contributed by atoms with Crippen LogP contribution in [0.2, 0.25) is 0 Å². The van der Waals surface area contributed by atoms with Gasteiger partial charge in [-0.3, -0.25) is 9.69 Å². The highest BCUT2D eigenvalue weighted by Crippen LogP contribution is 2.42. The second kappa shape index (κ2) is 7.10. The number of rotatable bonds is 5. The number of benzene rings is 1. The Kier molecular flexibility index (Phi) is 4.82. The van der Waals surface area contributed by atoms with Crippen LogP contribution in [0.5, 0.6) is 11.5 Å². The molecule has 2 saturated heterocycles. The maximum atomic E-state index is 12.3. The molecule has 142 valence electrons. The summed E-state index contributed by atoms with van der Waals surface area (Å²) in [6.45, 7) is 4.09. The molecule has 0 unspecified atom stereocenters. The van der Waals surface area contributed by atoms with Gasteiger partial charge < -0.3 is 14.4 Å². The Hall–Kier alpha value is -1.75. The minimum atomic E-state index is 0.289. The molecule has 1 aromatic carbocycles. The Morgan fingerprint density at radius 1 is 1.08 bits per heavy atom. The number of piperidine rings is 2. The monoisotopic (exact) mass is 358 g/mol. The summed E-state index contributed by atoms with van der Waals surface area (Å²) in [5, 5.41) is 0. The summed E-state index contributed by atoms with van der Waals surface area (Å²) in [5.74, 6) is 2.07. The van der Waals surface area contributed by atoms with E-state index in [1.165, 1.54) is 31.2 Å². The largest absolute Gasteiger partial charge is 0.497 e.